The van der Waals surface area contributed by atoms with Gasteiger partial charge in [-0.1, -0.05) is 54.6 Å². The van der Waals surface area contributed by atoms with Crippen LogP contribution in [0.25, 0.3) is 0 Å². The van der Waals surface area contributed by atoms with Gasteiger partial charge in [-0.05, 0) is 24.6 Å². The summed E-state index contributed by atoms with van der Waals surface area (Å²) in [6, 6.07) is 22.3. The molecular formula is C22H20N4. The van der Waals surface area contributed by atoms with Crippen molar-refractivity contribution in [3.8, 4) is 0 Å². The Morgan fingerprint density at radius 2 is 1.35 bits per heavy atom. The molecule has 0 aliphatic carbocycles. The molecule has 4 heteroatoms. The van der Waals surface area contributed by atoms with Crippen LogP contribution in [0.2, 0.25) is 0 Å². The highest BCUT2D eigenvalue weighted by Gasteiger charge is 2.34. The second-order valence-electron chi connectivity index (χ2n) is 6.44. The number of aliphatic imine (C=N–C) groups is 2. The van der Waals surface area contributed by atoms with Gasteiger partial charge >= 0.3 is 0 Å². The zero-order valence-electron chi connectivity index (χ0n) is 14.6. The maximum atomic E-state index is 5.72. The average molecular weight is 340 g/mol. The normalized spacial score (nSPS) is 19.2. The van der Waals surface area contributed by atoms with E-state index in [-0.39, 0.29) is 0 Å². The Hall–Kier alpha value is -3.11. The van der Waals surface area contributed by atoms with Crippen molar-refractivity contribution < 1.29 is 0 Å². The van der Waals surface area contributed by atoms with E-state index in [0.29, 0.717) is 6.54 Å². The van der Waals surface area contributed by atoms with E-state index in [2.05, 4.69) is 29.2 Å². The van der Waals surface area contributed by atoms with E-state index >= 15 is 0 Å². The Morgan fingerprint density at radius 3 is 1.92 bits per heavy atom. The van der Waals surface area contributed by atoms with Gasteiger partial charge in [0.15, 0.2) is 5.66 Å². The molecule has 4 nitrogen and oxygen atoms in total. The van der Waals surface area contributed by atoms with Crippen LogP contribution in [0, 0.1) is 0 Å². The molecule has 128 valence electrons. The topological polar surface area (TPSA) is 63.6 Å². The lowest BCUT2D eigenvalue weighted by molar-refractivity contribution is 0.541. The smallest absolute Gasteiger partial charge is 0.174 e. The summed E-state index contributed by atoms with van der Waals surface area (Å²) in [5.41, 5.74) is 11.1. The van der Waals surface area contributed by atoms with E-state index in [1.54, 1.807) is 12.4 Å². The summed E-state index contributed by atoms with van der Waals surface area (Å²) in [7, 11) is 0. The number of hydrogen-bond donors (Lipinski definition) is 1. The van der Waals surface area contributed by atoms with Gasteiger partial charge in [-0.15, -0.1) is 0 Å². The minimum atomic E-state index is -0.656. The summed E-state index contributed by atoms with van der Waals surface area (Å²) in [5, 5.41) is 0. The summed E-state index contributed by atoms with van der Waals surface area (Å²) in [5.74, 6) is 0. The molecule has 1 unspecified atom stereocenters. The first kappa shape index (κ1) is 16.4. The molecule has 0 fully saturated rings. The van der Waals surface area contributed by atoms with Crippen molar-refractivity contribution in [2.24, 2.45) is 15.7 Å². The maximum absolute atomic E-state index is 5.72. The fourth-order valence-corrected chi connectivity index (χ4v) is 3.16. The number of nitrogens with two attached hydrogens (primary N) is 1. The van der Waals surface area contributed by atoms with Crippen molar-refractivity contribution in [2.75, 3.05) is 0 Å². The lowest BCUT2D eigenvalue weighted by atomic mass is 10.0. The molecule has 0 bridgehead atoms. The third kappa shape index (κ3) is 2.95. The minimum absolute atomic E-state index is 0.529. The fraction of sp³-hybridized carbons (Fsp3) is 0.136. The third-order valence-electron chi connectivity index (χ3n) is 4.62. The predicted molar refractivity (Wildman–Crippen MR) is 105 cm³/mol. The molecule has 3 aromatic rings. The van der Waals surface area contributed by atoms with E-state index in [1.165, 1.54) is 0 Å². The van der Waals surface area contributed by atoms with Gasteiger partial charge in [0.05, 0.1) is 11.4 Å². The molecule has 0 saturated heterocycles. The van der Waals surface area contributed by atoms with Crippen LogP contribution in [-0.2, 0) is 12.2 Å². The van der Waals surface area contributed by atoms with Crippen LogP contribution in [-0.4, -0.2) is 16.4 Å². The Labute approximate surface area is 153 Å². The largest absolute Gasteiger partial charge is 0.326 e. The highest BCUT2D eigenvalue weighted by Crippen LogP contribution is 2.34. The monoisotopic (exact) mass is 340 g/mol. The zero-order chi connectivity index (χ0) is 18.0. The van der Waals surface area contributed by atoms with E-state index in [0.717, 1.165) is 33.7 Å². The van der Waals surface area contributed by atoms with Crippen LogP contribution in [0.5, 0.6) is 0 Å². The van der Waals surface area contributed by atoms with Gasteiger partial charge in [-0.25, -0.2) is 9.98 Å². The second kappa shape index (κ2) is 6.65. The van der Waals surface area contributed by atoms with Crippen LogP contribution in [0.1, 0.15) is 29.2 Å². The third-order valence-corrected chi connectivity index (χ3v) is 4.62. The van der Waals surface area contributed by atoms with Gasteiger partial charge in [0, 0.05) is 35.6 Å². The molecule has 1 aromatic heterocycles. The predicted octanol–water partition coefficient (Wildman–Crippen LogP) is 3.71. The molecule has 1 aliphatic rings. The zero-order valence-corrected chi connectivity index (χ0v) is 14.6. The van der Waals surface area contributed by atoms with Crippen molar-refractivity contribution in [1.82, 2.24) is 4.98 Å². The molecule has 2 heterocycles. The first-order valence-corrected chi connectivity index (χ1v) is 8.65. The maximum Gasteiger partial charge on any atom is 0.174 e. The minimum Gasteiger partial charge on any atom is -0.326 e. The van der Waals surface area contributed by atoms with Crippen molar-refractivity contribution in [3.63, 3.8) is 0 Å². The lowest BCUT2D eigenvalue weighted by Crippen LogP contribution is -2.14. The molecule has 0 radical (unpaired) electrons. The highest BCUT2D eigenvalue weighted by molar-refractivity contribution is 6.54. The van der Waals surface area contributed by atoms with Gasteiger partial charge in [-0.2, -0.15) is 0 Å². The average Bonchev–Trinajstić information content (AvgIpc) is 3.08. The highest BCUT2D eigenvalue weighted by atomic mass is 15.1. The second-order valence-corrected chi connectivity index (χ2v) is 6.44. The molecule has 1 atom stereocenters. The number of aromatic nitrogens is 1. The van der Waals surface area contributed by atoms with E-state index in [1.807, 2.05) is 49.4 Å². The van der Waals surface area contributed by atoms with Crippen LogP contribution in [0.4, 0.5) is 0 Å². The van der Waals surface area contributed by atoms with Gasteiger partial charge < -0.3 is 5.73 Å². The number of rotatable bonds is 4. The van der Waals surface area contributed by atoms with Gasteiger partial charge in [0.2, 0.25) is 0 Å². The van der Waals surface area contributed by atoms with Crippen molar-refractivity contribution in [3.05, 3.63) is 101 Å². The lowest BCUT2D eigenvalue weighted by Gasteiger charge is -2.18. The number of pyridine rings is 1. The molecular weight excluding hydrogens is 320 g/mol. The van der Waals surface area contributed by atoms with Crippen LogP contribution < -0.4 is 5.73 Å². The Bertz CT molecular complexity index is 903. The van der Waals surface area contributed by atoms with Crippen molar-refractivity contribution in [1.29, 1.82) is 0 Å². The van der Waals surface area contributed by atoms with Crippen LogP contribution in [0.3, 0.4) is 0 Å². The van der Waals surface area contributed by atoms with Gasteiger partial charge in [0.25, 0.3) is 0 Å². The quantitative estimate of drug-likeness (QED) is 0.787. The molecule has 0 saturated carbocycles. The molecule has 0 amide bonds. The molecule has 4 rings (SSSR count). The first-order valence-electron chi connectivity index (χ1n) is 8.65. The summed E-state index contributed by atoms with van der Waals surface area (Å²) in [6.07, 6.45) is 3.57. The van der Waals surface area contributed by atoms with E-state index in [9.17, 15) is 0 Å². The summed E-state index contributed by atoms with van der Waals surface area (Å²) in [6.45, 7) is 2.57. The molecule has 0 spiro atoms. The molecule has 1 aliphatic heterocycles. The fourth-order valence-electron chi connectivity index (χ4n) is 3.16. The van der Waals surface area contributed by atoms with Crippen LogP contribution >= 0.6 is 0 Å². The summed E-state index contributed by atoms with van der Waals surface area (Å²) in [4.78, 5) is 14.2. The standard InChI is InChI=1S/C22H20N4/c1-22(19-9-7-16(15-23)8-10-19)25-20(17-5-3-2-4-6-17)21(26-22)18-11-13-24-14-12-18/h2-14H,15,23H2,1H3. The van der Waals surface area contributed by atoms with E-state index in [4.69, 9.17) is 15.7 Å². The van der Waals surface area contributed by atoms with Crippen LogP contribution in [0.15, 0.2) is 89.1 Å². The number of benzene rings is 2. The SMILES string of the molecule is CC1(c2ccc(CN)cc2)N=C(c2ccccc2)C(c2ccncc2)=N1. The number of hydrogen-bond acceptors (Lipinski definition) is 4. The summed E-state index contributed by atoms with van der Waals surface area (Å²) < 4.78 is 0. The molecule has 2 N–H and O–H groups in total. The van der Waals surface area contributed by atoms with Crippen molar-refractivity contribution >= 4 is 11.4 Å². The Kier molecular flexibility index (Phi) is 4.19. The molecule has 26 heavy (non-hydrogen) atoms. The van der Waals surface area contributed by atoms with Gasteiger partial charge in [0.1, 0.15) is 0 Å². The first-order chi connectivity index (χ1) is 12.7. The number of nitrogens with zero attached hydrogens (tertiary/aromatic N) is 3. The van der Waals surface area contributed by atoms with Crippen molar-refractivity contribution in [2.45, 2.75) is 19.1 Å². The Balaban J connectivity index is 1.85. The summed E-state index contributed by atoms with van der Waals surface area (Å²) >= 11 is 0. The Morgan fingerprint density at radius 1 is 0.769 bits per heavy atom. The van der Waals surface area contributed by atoms with E-state index < -0.39 is 5.66 Å². The van der Waals surface area contributed by atoms with Gasteiger partial charge in [-0.3, -0.25) is 4.98 Å². The molecule has 2 aromatic carbocycles.